The van der Waals surface area contributed by atoms with Crippen LogP contribution in [0.2, 0.25) is 0 Å². The number of non-ortho nitro benzene ring substituents is 1. The largest absolute Gasteiger partial charge is 0.369 e. The van der Waals surface area contributed by atoms with Crippen molar-refractivity contribution in [3.05, 3.63) is 38.4 Å². The predicted octanol–water partition coefficient (Wildman–Crippen LogP) is 1.61. The Morgan fingerprint density at radius 3 is 2.36 bits per heavy atom. The maximum atomic E-state index is 11.5. The Morgan fingerprint density at radius 1 is 1.08 bits per heavy atom. The number of hydrogen-bond acceptors (Lipinski definition) is 9. The van der Waals surface area contributed by atoms with Crippen LogP contribution >= 0.6 is 0 Å². The Morgan fingerprint density at radius 2 is 1.76 bits per heavy atom. The van der Waals surface area contributed by atoms with Gasteiger partial charge in [-0.2, -0.15) is 4.99 Å². The monoisotopic (exact) mass is 347 g/mol. The minimum absolute atomic E-state index is 0.00801. The molecule has 25 heavy (non-hydrogen) atoms. The van der Waals surface area contributed by atoms with Gasteiger partial charge in [0.2, 0.25) is 11.9 Å². The molecule has 0 saturated heterocycles. The number of nitrogens with zero attached hydrogens (tertiary/aromatic N) is 5. The molecule has 0 amide bonds. The molecule has 3 rings (SSSR count). The SMILES string of the molecule is NC1=NC2(CCCCC2)N(c2ccc([N+](=O)[O-])cc2[N+](=O)[O-])C(N)=N1. The van der Waals surface area contributed by atoms with E-state index in [2.05, 4.69) is 9.98 Å². The number of anilines is 1. The van der Waals surface area contributed by atoms with E-state index in [0.29, 0.717) is 12.8 Å². The smallest absolute Gasteiger partial charge is 0.299 e. The van der Waals surface area contributed by atoms with Crippen LogP contribution < -0.4 is 16.4 Å². The molecule has 1 spiro atoms. The molecule has 0 aromatic heterocycles. The summed E-state index contributed by atoms with van der Waals surface area (Å²) in [5, 5.41) is 22.4. The van der Waals surface area contributed by atoms with Crippen molar-refractivity contribution in [2.45, 2.75) is 37.8 Å². The normalized spacial score (nSPS) is 19.3. The van der Waals surface area contributed by atoms with E-state index in [1.165, 1.54) is 17.0 Å². The van der Waals surface area contributed by atoms with Gasteiger partial charge in [-0.1, -0.05) is 6.42 Å². The molecule has 11 nitrogen and oxygen atoms in total. The van der Waals surface area contributed by atoms with E-state index >= 15 is 0 Å². The summed E-state index contributed by atoms with van der Waals surface area (Å²) in [6.07, 6.45) is 3.96. The molecular weight excluding hydrogens is 330 g/mol. The van der Waals surface area contributed by atoms with E-state index in [4.69, 9.17) is 11.5 Å². The fourth-order valence-corrected chi connectivity index (χ4v) is 3.43. The van der Waals surface area contributed by atoms with Crippen LogP contribution in [0.4, 0.5) is 17.1 Å². The van der Waals surface area contributed by atoms with E-state index < -0.39 is 21.2 Å². The van der Waals surface area contributed by atoms with Gasteiger partial charge in [-0.25, -0.2) is 4.99 Å². The number of benzene rings is 1. The minimum atomic E-state index is -0.852. The van der Waals surface area contributed by atoms with Crippen LogP contribution in [-0.4, -0.2) is 27.4 Å². The first-order valence-electron chi connectivity index (χ1n) is 7.77. The summed E-state index contributed by atoms with van der Waals surface area (Å²) in [5.74, 6) is 0.0200. The Bertz CT molecular complexity index is 798. The number of nitro groups is 2. The summed E-state index contributed by atoms with van der Waals surface area (Å²) in [5.41, 5.74) is 10.3. The average Bonchev–Trinajstić information content (AvgIpc) is 2.54. The van der Waals surface area contributed by atoms with Crippen LogP contribution in [0.3, 0.4) is 0 Å². The van der Waals surface area contributed by atoms with Gasteiger partial charge in [0, 0.05) is 6.07 Å². The van der Waals surface area contributed by atoms with Crippen molar-refractivity contribution in [2.75, 3.05) is 4.90 Å². The molecule has 4 N–H and O–H groups in total. The molecule has 1 heterocycles. The first kappa shape index (κ1) is 16.6. The highest BCUT2D eigenvalue weighted by Crippen LogP contribution is 2.43. The third kappa shape index (κ3) is 2.84. The van der Waals surface area contributed by atoms with Crippen molar-refractivity contribution < 1.29 is 9.85 Å². The summed E-state index contributed by atoms with van der Waals surface area (Å²) < 4.78 is 0. The highest BCUT2D eigenvalue weighted by atomic mass is 16.6. The quantitative estimate of drug-likeness (QED) is 0.618. The van der Waals surface area contributed by atoms with E-state index in [1.807, 2.05) is 0 Å². The molecule has 0 radical (unpaired) electrons. The van der Waals surface area contributed by atoms with Gasteiger partial charge in [-0.15, -0.1) is 0 Å². The molecule has 1 saturated carbocycles. The lowest BCUT2D eigenvalue weighted by Crippen LogP contribution is -2.58. The maximum absolute atomic E-state index is 11.5. The van der Waals surface area contributed by atoms with Crippen molar-refractivity contribution in [1.82, 2.24) is 0 Å². The molecule has 1 aromatic carbocycles. The van der Waals surface area contributed by atoms with E-state index in [1.54, 1.807) is 0 Å². The molecule has 1 aliphatic heterocycles. The van der Waals surface area contributed by atoms with Crippen molar-refractivity contribution in [2.24, 2.45) is 21.5 Å². The second-order valence-electron chi connectivity index (χ2n) is 6.01. The van der Waals surface area contributed by atoms with Crippen LogP contribution in [0.15, 0.2) is 28.2 Å². The molecule has 132 valence electrons. The summed E-state index contributed by atoms with van der Waals surface area (Å²) in [7, 11) is 0. The Balaban J connectivity index is 2.17. The summed E-state index contributed by atoms with van der Waals surface area (Å²) in [4.78, 5) is 31.0. The number of guanidine groups is 2. The first-order chi connectivity index (χ1) is 11.8. The molecule has 2 aliphatic rings. The minimum Gasteiger partial charge on any atom is -0.369 e. The first-order valence-corrected chi connectivity index (χ1v) is 7.77. The van der Waals surface area contributed by atoms with Gasteiger partial charge in [0.1, 0.15) is 11.4 Å². The zero-order chi connectivity index (χ0) is 18.2. The summed E-state index contributed by atoms with van der Waals surface area (Å²) in [6, 6.07) is 3.43. The number of nitro benzene ring substituents is 2. The van der Waals surface area contributed by atoms with Gasteiger partial charge in [-0.05, 0) is 31.7 Å². The zero-order valence-corrected chi connectivity index (χ0v) is 13.3. The molecular formula is C14H17N7O4. The number of rotatable bonds is 3. The molecule has 11 heteroatoms. The molecule has 0 bridgehead atoms. The second kappa shape index (κ2) is 6.00. The van der Waals surface area contributed by atoms with E-state index in [9.17, 15) is 20.2 Å². The standard InChI is InChI=1S/C14H17N7O4/c15-12-17-13(16)19(14(18-12)6-2-1-3-7-14)10-5-4-9(20(22)23)8-11(10)21(24)25/h4-5,8H,1-3,6-7H2,(H4,15,16,17,18). The van der Waals surface area contributed by atoms with Gasteiger partial charge in [0.25, 0.3) is 11.4 Å². The van der Waals surface area contributed by atoms with Crippen molar-refractivity contribution in [1.29, 1.82) is 0 Å². The zero-order valence-electron chi connectivity index (χ0n) is 13.3. The third-order valence-corrected chi connectivity index (χ3v) is 4.46. The van der Waals surface area contributed by atoms with Gasteiger partial charge in [-0.3, -0.25) is 25.1 Å². The van der Waals surface area contributed by atoms with E-state index in [-0.39, 0.29) is 23.3 Å². The fourth-order valence-electron chi connectivity index (χ4n) is 3.43. The van der Waals surface area contributed by atoms with E-state index in [0.717, 1.165) is 25.3 Å². The lowest BCUT2D eigenvalue weighted by Gasteiger charge is -2.45. The van der Waals surface area contributed by atoms with Crippen molar-refractivity contribution in [3.8, 4) is 0 Å². The average molecular weight is 347 g/mol. The highest BCUT2D eigenvalue weighted by Gasteiger charge is 2.45. The highest BCUT2D eigenvalue weighted by molar-refractivity contribution is 6.06. The summed E-state index contributed by atoms with van der Waals surface area (Å²) >= 11 is 0. The molecule has 1 fully saturated rings. The van der Waals surface area contributed by atoms with Gasteiger partial charge in [0.15, 0.2) is 0 Å². The van der Waals surface area contributed by atoms with Crippen LogP contribution in [-0.2, 0) is 0 Å². The van der Waals surface area contributed by atoms with Crippen LogP contribution in [0, 0.1) is 20.2 Å². The van der Waals surface area contributed by atoms with Crippen LogP contribution in [0.5, 0.6) is 0 Å². The molecule has 0 unspecified atom stereocenters. The van der Waals surface area contributed by atoms with Gasteiger partial charge < -0.3 is 11.5 Å². The predicted molar refractivity (Wildman–Crippen MR) is 91.3 cm³/mol. The Hall–Kier alpha value is -3.24. The number of nitrogens with two attached hydrogens (primary N) is 2. The third-order valence-electron chi connectivity index (χ3n) is 4.46. The molecule has 0 atom stereocenters. The Labute approximate surface area is 142 Å². The van der Waals surface area contributed by atoms with Crippen molar-refractivity contribution >= 4 is 29.0 Å². The van der Waals surface area contributed by atoms with Crippen LogP contribution in [0.1, 0.15) is 32.1 Å². The molecule has 1 aromatic rings. The Kier molecular flexibility index (Phi) is 3.99. The van der Waals surface area contributed by atoms with Crippen LogP contribution in [0.25, 0.3) is 0 Å². The second-order valence-corrected chi connectivity index (χ2v) is 6.01. The number of hydrogen-bond donors (Lipinski definition) is 2. The fraction of sp³-hybridized carbons (Fsp3) is 0.429. The lowest BCUT2D eigenvalue weighted by molar-refractivity contribution is -0.393. The van der Waals surface area contributed by atoms with Gasteiger partial charge >= 0.3 is 0 Å². The topological polar surface area (TPSA) is 166 Å². The maximum Gasteiger partial charge on any atom is 0.299 e. The lowest BCUT2D eigenvalue weighted by atomic mass is 9.87. The molecule has 1 aliphatic carbocycles. The van der Waals surface area contributed by atoms with Crippen molar-refractivity contribution in [3.63, 3.8) is 0 Å². The summed E-state index contributed by atoms with van der Waals surface area (Å²) in [6.45, 7) is 0. The number of aliphatic imine (C=N–C) groups is 2. The van der Waals surface area contributed by atoms with Gasteiger partial charge in [0.05, 0.1) is 15.9 Å².